The van der Waals surface area contributed by atoms with E-state index >= 15 is 0 Å². The summed E-state index contributed by atoms with van der Waals surface area (Å²) < 4.78 is 23.1. The lowest BCUT2D eigenvalue weighted by atomic mass is 10.3. The van der Waals surface area contributed by atoms with Gasteiger partial charge in [-0.3, -0.25) is 14.4 Å². The van der Waals surface area contributed by atoms with E-state index in [1.165, 1.54) is 7.11 Å². The first-order valence-electron chi connectivity index (χ1n) is 6.44. The van der Waals surface area contributed by atoms with Gasteiger partial charge in [-0.1, -0.05) is 6.92 Å². The lowest BCUT2D eigenvalue weighted by Crippen LogP contribution is -2.31. The van der Waals surface area contributed by atoms with Crippen molar-refractivity contribution >= 4 is 23.7 Å². The highest BCUT2D eigenvalue weighted by Crippen LogP contribution is 2.05. The fourth-order valence-corrected chi connectivity index (χ4v) is 1.26. The van der Waals surface area contributed by atoms with Crippen LogP contribution >= 0.6 is 0 Å². The van der Waals surface area contributed by atoms with Gasteiger partial charge >= 0.3 is 24.2 Å². The lowest BCUT2D eigenvalue weighted by Gasteiger charge is -2.15. The Kier molecular flexibility index (Phi) is 9.72. The topological polar surface area (TPSA) is 114 Å². The molecule has 9 heteroatoms. The van der Waals surface area contributed by atoms with Crippen LogP contribution in [0.5, 0.6) is 0 Å². The summed E-state index contributed by atoms with van der Waals surface area (Å²) in [6.07, 6.45) is -3.35. The molecule has 0 rings (SSSR count). The quantitative estimate of drug-likeness (QED) is 0.310. The molecule has 0 radical (unpaired) electrons. The normalized spacial score (nSPS) is 12.9. The van der Waals surface area contributed by atoms with Crippen molar-refractivity contribution in [2.24, 2.45) is 0 Å². The summed E-state index contributed by atoms with van der Waals surface area (Å²) in [6, 6.07) is 0. The van der Waals surface area contributed by atoms with Crippen LogP contribution in [0.1, 0.15) is 26.2 Å². The Morgan fingerprint density at radius 2 is 1.27 bits per heavy atom. The number of hydrogen-bond acceptors (Lipinski definition) is 9. The van der Waals surface area contributed by atoms with Crippen molar-refractivity contribution in [3.8, 4) is 0 Å². The zero-order valence-electron chi connectivity index (χ0n) is 13.0. The smallest absolute Gasteiger partial charge is 0.376 e. The molecule has 0 saturated carbocycles. The highest BCUT2D eigenvalue weighted by atomic mass is 16.7. The molecule has 126 valence electrons. The first kappa shape index (κ1) is 20.0. The molecule has 0 amide bonds. The van der Waals surface area contributed by atoms with Crippen molar-refractivity contribution in [3.63, 3.8) is 0 Å². The Morgan fingerprint density at radius 1 is 0.818 bits per heavy atom. The predicted octanol–water partition coefficient (Wildman–Crippen LogP) is -0.0499. The number of methoxy groups -OCH3 is 3. The van der Waals surface area contributed by atoms with Gasteiger partial charge in [-0.25, -0.2) is 4.79 Å². The Bertz CT molecular complexity index is 366. The summed E-state index contributed by atoms with van der Waals surface area (Å²) in [6.45, 7) is 1.59. The number of Topliss-reactive ketones (excluding diaryl/α,β-unsaturated/α-hetero) is 1. The average Bonchev–Trinajstić information content (AvgIpc) is 2.53. The molecule has 0 spiro atoms. The van der Waals surface area contributed by atoms with E-state index < -0.39 is 36.3 Å². The molecule has 0 aromatic carbocycles. The predicted molar refractivity (Wildman–Crippen MR) is 70.3 cm³/mol. The van der Waals surface area contributed by atoms with Gasteiger partial charge in [0.1, 0.15) is 0 Å². The maximum Gasteiger partial charge on any atom is 0.376 e. The molecule has 0 heterocycles. The van der Waals surface area contributed by atoms with E-state index in [-0.39, 0.29) is 19.3 Å². The Hall–Kier alpha value is -2.00. The van der Waals surface area contributed by atoms with Crippen molar-refractivity contribution < 1.29 is 42.9 Å². The molecular weight excluding hydrogens is 300 g/mol. The first-order valence-corrected chi connectivity index (χ1v) is 6.44. The first-order chi connectivity index (χ1) is 10.4. The third-order valence-corrected chi connectivity index (χ3v) is 2.44. The van der Waals surface area contributed by atoms with Gasteiger partial charge < -0.3 is 23.7 Å². The van der Waals surface area contributed by atoms with E-state index in [9.17, 15) is 19.2 Å². The van der Waals surface area contributed by atoms with Gasteiger partial charge in [0, 0.05) is 20.6 Å². The molecule has 0 aromatic rings. The summed E-state index contributed by atoms with van der Waals surface area (Å²) in [4.78, 5) is 45.5. The van der Waals surface area contributed by atoms with Crippen LogP contribution in [0.25, 0.3) is 0 Å². The highest BCUT2D eigenvalue weighted by Gasteiger charge is 2.25. The molecule has 22 heavy (non-hydrogen) atoms. The van der Waals surface area contributed by atoms with Crippen LogP contribution in [-0.2, 0) is 42.9 Å². The minimum atomic E-state index is -1.50. The molecule has 0 N–H and O–H groups in total. The third kappa shape index (κ3) is 7.14. The van der Waals surface area contributed by atoms with Crippen molar-refractivity contribution in [3.05, 3.63) is 0 Å². The van der Waals surface area contributed by atoms with Crippen molar-refractivity contribution in [1.82, 2.24) is 0 Å². The highest BCUT2D eigenvalue weighted by molar-refractivity contribution is 5.85. The van der Waals surface area contributed by atoms with Gasteiger partial charge in [0.2, 0.25) is 5.78 Å². The monoisotopic (exact) mass is 320 g/mol. The van der Waals surface area contributed by atoms with Crippen molar-refractivity contribution in [2.45, 2.75) is 38.8 Å². The number of hydrogen-bond donors (Lipinski definition) is 0. The fraction of sp³-hybridized carbons (Fsp3) is 0.692. The van der Waals surface area contributed by atoms with Crippen molar-refractivity contribution in [2.75, 3.05) is 21.3 Å². The molecule has 2 atom stereocenters. The minimum absolute atomic E-state index is 0.141. The zero-order valence-corrected chi connectivity index (χ0v) is 13.0. The standard InChI is InChI=1S/C13H20O9/c1-5-8(14)12(19-3)21-9(15)6-7-10(16)22-13(20-4)11(17)18-2/h12-13H,5-7H2,1-4H3. The summed E-state index contributed by atoms with van der Waals surface area (Å²) in [5, 5.41) is 0. The van der Waals surface area contributed by atoms with Crippen LogP contribution in [0, 0.1) is 0 Å². The SMILES string of the molecule is CCC(=O)C(OC)OC(=O)CCC(=O)OC(OC)C(=O)OC. The molecule has 9 nitrogen and oxygen atoms in total. The van der Waals surface area contributed by atoms with Gasteiger partial charge in [-0.2, -0.15) is 0 Å². The van der Waals surface area contributed by atoms with Gasteiger partial charge in [-0.15, -0.1) is 0 Å². The number of ketones is 1. The molecule has 0 aliphatic heterocycles. The van der Waals surface area contributed by atoms with Gasteiger partial charge in [-0.05, 0) is 0 Å². The largest absolute Gasteiger partial charge is 0.464 e. The Balaban J connectivity index is 4.26. The van der Waals surface area contributed by atoms with E-state index in [1.807, 2.05) is 0 Å². The summed E-state index contributed by atoms with van der Waals surface area (Å²) in [7, 11) is 3.48. The molecule has 0 saturated heterocycles. The van der Waals surface area contributed by atoms with E-state index in [0.29, 0.717) is 0 Å². The van der Waals surface area contributed by atoms with Gasteiger partial charge in [0.25, 0.3) is 6.29 Å². The van der Waals surface area contributed by atoms with Gasteiger partial charge in [0.05, 0.1) is 20.0 Å². The molecule has 0 fully saturated rings. The van der Waals surface area contributed by atoms with Crippen LogP contribution in [0.2, 0.25) is 0 Å². The van der Waals surface area contributed by atoms with Crippen LogP contribution in [0.4, 0.5) is 0 Å². The molecule has 0 aliphatic rings. The third-order valence-electron chi connectivity index (χ3n) is 2.44. The Labute approximate surface area is 127 Å². The number of carbonyl (C=O) groups is 4. The second-order valence-electron chi connectivity index (χ2n) is 3.96. The number of ether oxygens (including phenoxy) is 5. The lowest BCUT2D eigenvalue weighted by molar-refractivity contribution is -0.195. The molecule has 0 bridgehead atoms. The number of rotatable bonds is 10. The average molecular weight is 320 g/mol. The van der Waals surface area contributed by atoms with E-state index in [4.69, 9.17) is 9.47 Å². The maximum atomic E-state index is 11.5. The number of esters is 3. The van der Waals surface area contributed by atoms with Crippen LogP contribution in [0.15, 0.2) is 0 Å². The molecule has 0 aromatic heterocycles. The summed E-state index contributed by atoms with van der Waals surface area (Å²) in [5.41, 5.74) is 0. The Morgan fingerprint density at radius 3 is 1.64 bits per heavy atom. The van der Waals surface area contributed by atoms with Crippen molar-refractivity contribution in [1.29, 1.82) is 0 Å². The van der Waals surface area contributed by atoms with Crippen LogP contribution in [-0.4, -0.2) is 57.6 Å². The van der Waals surface area contributed by atoms with Crippen LogP contribution in [0.3, 0.4) is 0 Å². The number of carbonyl (C=O) groups excluding carboxylic acids is 4. The zero-order chi connectivity index (χ0) is 17.1. The maximum absolute atomic E-state index is 11.5. The van der Waals surface area contributed by atoms with Crippen LogP contribution < -0.4 is 0 Å². The van der Waals surface area contributed by atoms with E-state index in [2.05, 4.69) is 14.2 Å². The molecule has 2 unspecified atom stereocenters. The second kappa shape index (κ2) is 10.7. The summed E-state index contributed by atoms with van der Waals surface area (Å²) >= 11 is 0. The molecular formula is C13H20O9. The van der Waals surface area contributed by atoms with E-state index in [1.54, 1.807) is 6.92 Å². The fourth-order valence-electron chi connectivity index (χ4n) is 1.26. The van der Waals surface area contributed by atoms with E-state index in [0.717, 1.165) is 14.2 Å². The minimum Gasteiger partial charge on any atom is -0.464 e. The second-order valence-corrected chi connectivity index (χ2v) is 3.96. The summed E-state index contributed by atoms with van der Waals surface area (Å²) in [5.74, 6) is -2.95. The van der Waals surface area contributed by atoms with Gasteiger partial charge in [0.15, 0.2) is 0 Å². The molecule has 0 aliphatic carbocycles.